The molecule has 0 spiro atoms. The lowest BCUT2D eigenvalue weighted by atomic mass is 10.1. The number of halogens is 2. The number of nitrogens with zero attached hydrogens (tertiary/aromatic N) is 2. The highest BCUT2D eigenvalue weighted by molar-refractivity contribution is 6.00. The fourth-order valence-corrected chi connectivity index (χ4v) is 2.68. The molecule has 0 radical (unpaired) electrons. The molecule has 0 saturated carbocycles. The fraction of sp³-hybridized carbons (Fsp3) is 0.500. The average Bonchev–Trinajstić information content (AvgIpc) is 2.96. The third-order valence-corrected chi connectivity index (χ3v) is 4.04. The quantitative estimate of drug-likeness (QED) is 0.413. The van der Waals surface area contributed by atoms with E-state index >= 15 is 0 Å². The van der Waals surface area contributed by atoms with Crippen LogP contribution in [0.4, 0.5) is 19.3 Å². The Labute approximate surface area is 164 Å². The zero-order valence-electron chi connectivity index (χ0n) is 16.0. The molecule has 1 fully saturated rings. The number of imide groups is 1. The second-order valence-corrected chi connectivity index (χ2v) is 7.41. The van der Waals surface area contributed by atoms with E-state index in [0.29, 0.717) is 10.5 Å². The van der Waals surface area contributed by atoms with Crippen LogP contribution in [0.1, 0.15) is 32.8 Å². The lowest BCUT2D eigenvalue weighted by molar-refractivity contribution is -0.384. The van der Waals surface area contributed by atoms with E-state index in [1.807, 2.05) is 0 Å². The summed E-state index contributed by atoms with van der Waals surface area (Å²) >= 11 is 0. The van der Waals surface area contributed by atoms with E-state index in [1.54, 1.807) is 0 Å². The molecule has 0 bridgehead atoms. The standard InChI is InChI=1S/C18H20F2N2O7/c1-18(2,3)29-17(25)21-13(8-12(14(19)20)15(21)23)16(24)28-9-10-4-6-11(7-5-10)22(26)27/h4-7,12-14H,8-9H2,1-3H3/t12-,13+/m1/s1. The van der Waals surface area contributed by atoms with Gasteiger partial charge in [-0.3, -0.25) is 14.9 Å². The number of carbonyl (C=O) groups is 3. The number of ether oxygens (including phenoxy) is 2. The molecule has 158 valence electrons. The Morgan fingerprint density at radius 3 is 2.34 bits per heavy atom. The van der Waals surface area contributed by atoms with Gasteiger partial charge < -0.3 is 9.47 Å². The Balaban J connectivity index is 2.13. The Bertz CT molecular complexity index is 805. The summed E-state index contributed by atoms with van der Waals surface area (Å²) in [6.45, 7) is 4.26. The van der Waals surface area contributed by atoms with Gasteiger partial charge in [0, 0.05) is 12.1 Å². The summed E-state index contributed by atoms with van der Waals surface area (Å²) in [4.78, 5) is 47.4. The first-order valence-electron chi connectivity index (χ1n) is 8.65. The maximum absolute atomic E-state index is 13.1. The summed E-state index contributed by atoms with van der Waals surface area (Å²) in [5.41, 5.74) is -0.757. The number of carbonyl (C=O) groups excluding carboxylic acids is 3. The molecule has 0 aliphatic carbocycles. The molecule has 1 aliphatic rings. The van der Waals surface area contributed by atoms with Gasteiger partial charge in [0.05, 0.1) is 4.92 Å². The van der Waals surface area contributed by atoms with Crippen LogP contribution in [0.5, 0.6) is 0 Å². The molecule has 1 aliphatic heterocycles. The van der Waals surface area contributed by atoms with Gasteiger partial charge in [0.15, 0.2) is 0 Å². The van der Waals surface area contributed by atoms with Gasteiger partial charge in [0.25, 0.3) is 5.69 Å². The van der Waals surface area contributed by atoms with Crippen molar-refractivity contribution in [3.05, 3.63) is 39.9 Å². The molecule has 1 heterocycles. The molecular formula is C18H20F2N2O7. The number of nitro benzene ring substituents is 1. The van der Waals surface area contributed by atoms with E-state index in [0.717, 1.165) is 0 Å². The van der Waals surface area contributed by atoms with Gasteiger partial charge in [-0.15, -0.1) is 0 Å². The summed E-state index contributed by atoms with van der Waals surface area (Å²) in [6, 6.07) is 3.59. The minimum Gasteiger partial charge on any atom is -0.459 e. The maximum Gasteiger partial charge on any atom is 0.417 e. The zero-order chi connectivity index (χ0) is 21.9. The van der Waals surface area contributed by atoms with Crippen LogP contribution in [0, 0.1) is 16.0 Å². The van der Waals surface area contributed by atoms with Crippen molar-refractivity contribution < 1.29 is 37.6 Å². The monoisotopic (exact) mass is 414 g/mol. The molecular weight excluding hydrogens is 394 g/mol. The molecule has 1 aromatic rings. The summed E-state index contributed by atoms with van der Waals surface area (Å²) in [5, 5.41) is 10.6. The van der Waals surface area contributed by atoms with Crippen LogP contribution in [0.2, 0.25) is 0 Å². The van der Waals surface area contributed by atoms with Crippen molar-refractivity contribution in [2.45, 2.75) is 51.9 Å². The molecule has 1 saturated heterocycles. The summed E-state index contributed by atoms with van der Waals surface area (Å²) < 4.78 is 36.4. The van der Waals surface area contributed by atoms with Gasteiger partial charge >= 0.3 is 12.1 Å². The first-order valence-corrected chi connectivity index (χ1v) is 8.65. The van der Waals surface area contributed by atoms with Gasteiger partial charge in [-0.1, -0.05) is 0 Å². The normalized spacial score (nSPS) is 19.4. The summed E-state index contributed by atoms with van der Waals surface area (Å²) in [5.74, 6) is -4.07. The number of benzene rings is 1. The van der Waals surface area contributed by atoms with Crippen LogP contribution >= 0.6 is 0 Å². The zero-order valence-corrected chi connectivity index (χ0v) is 16.0. The number of alkyl halides is 2. The summed E-state index contributed by atoms with van der Waals surface area (Å²) in [6.07, 6.45) is -4.85. The van der Waals surface area contributed by atoms with E-state index in [4.69, 9.17) is 9.47 Å². The highest BCUT2D eigenvalue weighted by Gasteiger charge is 2.52. The number of amides is 2. The molecule has 11 heteroatoms. The Morgan fingerprint density at radius 2 is 1.86 bits per heavy atom. The molecule has 0 N–H and O–H groups in total. The lowest BCUT2D eigenvalue weighted by Crippen LogP contribution is -2.46. The van der Waals surface area contributed by atoms with Gasteiger partial charge in [0.1, 0.15) is 24.2 Å². The van der Waals surface area contributed by atoms with E-state index in [9.17, 15) is 33.3 Å². The van der Waals surface area contributed by atoms with Crippen LogP contribution in [0.3, 0.4) is 0 Å². The lowest BCUT2D eigenvalue weighted by Gasteiger charge is -2.26. The van der Waals surface area contributed by atoms with Crippen molar-refractivity contribution in [2.75, 3.05) is 0 Å². The second kappa shape index (κ2) is 8.50. The van der Waals surface area contributed by atoms with E-state index in [2.05, 4.69) is 0 Å². The first-order chi connectivity index (χ1) is 13.4. The number of likely N-dealkylation sites (tertiary alicyclic amines) is 1. The number of rotatable bonds is 5. The molecule has 2 rings (SSSR count). The van der Waals surface area contributed by atoms with Gasteiger partial charge in [-0.2, -0.15) is 0 Å². The number of non-ortho nitro benzene ring substituents is 1. The van der Waals surface area contributed by atoms with Crippen LogP contribution < -0.4 is 0 Å². The van der Waals surface area contributed by atoms with Crippen molar-refractivity contribution in [3.63, 3.8) is 0 Å². The Kier molecular flexibility index (Phi) is 6.50. The van der Waals surface area contributed by atoms with Crippen LogP contribution in [-0.2, 0) is 25.7 Å². The molecule has 2 atom stereocenters. The first kappa shape index (κ1) is 22.2. The third kappa shape index (κ3) is 5.46. The topological polar surface area (TPSA) is 116 Å². The predicted octanol–water partition coefficient (Wildman–Crippen LogP) is 3.06. The number of hydrogen-bond acceptors (Lipinski definition) is 7. The largest absolute Gasteiger partial charge is 0.459 e. The van der Waals surface area contributed by atoms with Crippen LogP contribution in [0.25, 0.3) is 0 Å². The van der Waals surface area contributed by atoms with Gasteiger partial charge in [0.2, 0.25) is 12.3 Å². The molecule has 29 heavy (non-hydrogen) atoms. The van der Waals surface area contributed by atoms with E-state index < -0.39 is 53.3 Å². The van der Waals surface area contributed by atoms with Crippen molar-refractivity contribution in [3.8, 4) is 0 Å². The SMILES string of the molecule is CC(C)(C)OC(=O)N1C(=O)[C@@H](C(F)F)C[C@H]1C(=O)OCc1ccc([N+](=O)[O-])cc1. The highest BCUT2D eigenvalue weighted by Crippen LogP contribution is 2.32. The van der Waals surface area contributed by atoms with Crippen molar-refractivity contribution >= 4 is 23.7 Å². The minimum absolute atomic E-state index is 0.155. The van der Waals surface area contributed by atoms with Crippen LogP contribution in [-0.4, -0.2) is 45.9 Å². The predicted molar refractivity (Wildman–Crippen MR) is 93.9 cm³/mol. The van der Waals surface area contributed by atoms with Crippen molar-refractivity contribution in [1.82, 2.24) is 4.90 Å². The van der Waals surface area contributed by atoms with Gasteiger partial charge in [-0.25, -0.2) is 23.3 Å². The molecule has 0 aromatic heterocycles. The van der Waals surface area contributed by atoms with Crippen molar-refractivity contribution in [1.29, 1.82) is 0 Å². The molecule has 2 amide bonds. The van der Waals surface area contributed by atoms with E-state index in [-0.39, 0.29) is 12.3 Å². The molecule has 0 unspecified atom stereocenters. The number of nitro groups is 1. The smallest absolute Gasteiger partial charge is 0.417 e. The summed E-state index contributed by atoms with van der Waals surface area (Å²) in [7, 11) is 0. The Hall–Kier alpha value is -3.11. The van der Waals surface area contributed by atoms with Gasteiger partial charge in [-0.05, 0) is 44.9 Å². The minimum atomic E-state index is -3.06. The highest BCUT2D eigenvalue weighted by atomic mass is 19.3. The number of esters is 1. The molecule has 9 nitrogen and oxygen atoms in total. The second-order valence-electron chi connectivity index (χ2n) is 7.41. The fourth-order valence-electron chi connectivity index (χ4n) is 2.68. The molecule has 1 aromatic carbocycles. The average molecular weight is 414 g/mol. The third-order valence-electron chi connectivity index (χ3n) is 4.04. The van der Waals surface area contributed by atoms with Crippen molar-refractivity contribution in [2.24, 2.45) is 5.92 Å². The maximum atomic E-state index is 13.1. The van der Waals surface area contributed by atoms with Crippen LogP contribution in [0.15, 0.2) is 24.3 Å². The Morgan fingerprint density at radius 1 is 1.28 bits per heavy atom. The number of hydrogen-bond donors (Lipinski definition) is 0. The van der Waals surface area contributed by atoms with E-state index in [1.165, 1.54) is 45.0 Å².